The molecule has 1 aromatic rings. The summed E-state index contributed by atoms with van der Waals surface area (Å²) in [6.45, 7) is 3.54. The lowest BCUT2D eigenvalue weighted by molar-refractivity contribution is -0.184. The largest absolute Gasteiger partial charge is 0.479 e. The molecule has 0 bridgehead atoms. The van der Waals surface area contributed by atoms with E-state index in [2.05, 4.69) is 0 Å². The molecule has 13 heteroatoms. The Bertz CT molecular complexity index is 1140. The van der Waals surface area contributed by atoms with Gasteiger partial charge in [0.1, 0.15) is 30.0 Å². The molecule has 36 heavy (non-hydrogen) atoms. The third kappa shape index (κ3) is 4.98. The third-order valence-electron chi connectivity index (χ3n) is 6.23. The number of hydrogen-bond acceptors (Lipinski definition) is 9. The van der Waals surface area contributed by atoms with Gasteiger partial charge in [-0.2, -0.15) is 13.2 Å². The van der Waals surface area contributed by atoms with Crippen molar-refractivity contribution in [1.82, 2.24) is 0 Å². The first-order valence-corrected chi connectivity index (χ1v) is 10.4. The molecule has 1 aliphatic carbocycles. The fourth-order valence-corrected chi connectivity index (χ4v) is 3.92. The number of aliphatic carboxylic acids is 1. The Kier molecular flexibility index (Phi) is 8.30. The van der Waals surface area contributed by atoms with Crippen LogP contribution in [0, 0.1) is 0 Å². The molecule has 10 nitrogen and oxygen atoms in total. The fourth-order valence-electron chi connectivity index (χ4n) is 3.92. The summed E-state index contributed by atoms with van der Waals surface area (Å²) in [6.07, 6.45) is -18.5. The second-order valence-corrected chi connectivity index (χ2v) is 8.45. The lowest BCUT2D eigenvalue weighted by atomic mass is 9.70. The van der Waals surface area contributed by atoms with E-state index in [9.17, 15) is 58.2 Å². The first-order valence-electron chi connectivity index (χ1n) is 10.4. The number of ketones is 2. The summed E-state index contributed by atoms with van der Waals surface area (Å²) in [5.41, 5.74) is -7.06. The Morgan fingerprint density at radius 2 is 1.31 bits per heavy atom. The summed E-state index contributed by atoms with van der Waals surface area (Å²) in [5, 5.41) is 71.5. The van der Waals surface area contributed by atoms with Crippen molar-refractivity contribution in [2.24, 2.45) is 0 Å². The van der Waals surface area contributed by atoms with Crippen molar-refractivity contribution in [2.75, 3.05) is 0 Å². The quantitative estimate of drug-likeness (QED) is 0.222. The number of aliphatic hydroxyl groups is 6. The minimum absolute atomic E-state index is 0.0392. The maximum absolute atomic E-state index is 13.4. The number of allylic oxidation sites excluding steroid dienone is 3. The molecule has 0 aliphatic heterocycles. The minimum atomic E-state index is -4.95. The van der Waals surface area contributed by atoms with Gasteiger partial charge in [0.2, 0.25) is 0 Å². The van der Waals surface area contributed by atoms with Crippen LogP contribution in [0.15, 0.2) is 46.6 Å². The normalized spacial score (nSPS) is 21.1. The van der Waals surface area contributed by atoms with E-state index in [-0.39, 0.29) is 11.1 Å². The number of carboxylic acids is 1. The summed E-state index contributed by atoms with van der Waals surface area (Å²) in [5.74, 6) is -3.88. The fraction of sp³-hybridized carbons (Fsp3) is 0.435. The third-order valence-corrected chi connectivity index (χ3v) is 6.23. The van der Waals surface area contributed by atoms with Crippen LogP contribution in [-0.4, -0.2) is 83.8 Å². The summed E-state index contributed by atoms with van der Waals surface area (Å²) < 4.78 is 40.2. The van der Waals surface area contributed by atoms with Crippen molar-refractivity contribution in [1.29, 1.82) is 0 Å². The highest BCUT2D eigenvalue weighted by Gasteiger charge is 2.53. The zero-order valence-corrected chi connectivity index (χ0v) is 19.2. The van der Waals surface area contributed by atoms with Crippen molar-refractivity contribution in [2.45, 2.75) is 63.1 Å². The number of rotatable bonds is 8. The second-order valence-electron chi connectivity index (χ2n) is 8.45. The molecule has 1 aliphatic rings. The van der Waals surface area contributed by atoms with E-state index in [0.717, 1.165) is 19.1 Å². The molecule has 0 spiro atoms. The predicted molar refractivity (Wildman–Crippen MR) is 114 cm³/mol. The summed E-state index contributed by atoms with van der Waals surface area (Å²) in [4.78, 5) is 36.8. The number of carbonyl (C=O) groups excluding carboxylic acids is 2. The van der Waals surface area contributed by atoms with Crippen LogP contribution in [0.2, 0.25) is 0 Å². The standard InChI is InChI=1S/C23H25F3O10/c1-8-9(2)15(28)13(10(3)14(8)27)22(36,11-5-4-6-12(7-11)23(24,25)26)20(33)18(31)16(29)17(30)19(32)21(34)35/h4-7,16-20,29-33,36H,1-3H3,(H,34,35). The Morgan fingerprint density at radius 1 is 0.806 bits per heavy atom. The number of carboxylic acid groups (broad SMARTS) is 1. The van der Waals surface area contributed by atoms with E-state index in [1.807, 2.05) is 0 Å². The number of aliphatic hydroxyl groups excluding tert-OH is 5. The molecular weight excluding hydrogens is 493 g/mol. The number of Topliss-reactive ketones (excluding diaryl/α,β-unsaturated/α-hetero) is 2. The first-order chi connectivity index (χ1) is 16.4. The van der Waals surface area contributed by atoms with E-state index in [1.165, 1.54) is 13.8 Å². The number of benzene rings is 1. The van der Waals surface area contributed by atoms with Crippen LogP contribution in [0.25, 0.3) is 0 Å². The molecule has 0 fully saturated rings. The van der Waals surface area contributed by atoms with Crippen molar-refractivity contribution in [3.05, 3.63) is 57.7 Å². The van der Waals surface area contributed by atoms with E-state index < -0.39 is 82.1 Å². The second kappa shape index (κ2) is 10.2. The molecule has 0 aromatic heterocycles. The molecule has 0 saturated carbocycles. The molecule has 6 atom stereocenters. The van der Waals surface area contributed by atoms with Crippen molar-refractivity contribution in [3.8, 4) is 0 Å². The summed E-state index contributed by atoms with van der Waals surface area (Å²) in [6, 6.07) is 2.64. The highest BCUT2D eigenvalue weighted by molar-refractivity contribution is 6.25. The smallest absolute Gasteiger partial charge is 0.416 e. The highest BCUT2D eigenvalue weighted by Crippen LogP contribution is 2.43. The van der Waals surface area contributed by atoms with Crippen LogP contribution in [0.4, 0.5) is 13.2 Å². The maximum atomic E-state index is 13.4. The van der Waals surface area contributed by atoms with Gasteiger partial charge < -0.3 is 35.7 Å². The van der Waals surface area contributed by atoms with Gasteiger partial charge in [-0.1, -0.05) is 12.1 Å². The van der Waals surface area contributed by atoms with Gasteiger partial charge in [-0.3, -0.25) is 9.59 Å². The molecule has 0 amide bonds. The highest BCUT2D eigenvalue weighted by atomic mass is 19.4. The average Bonchev–Trinajstić information content (AvgIpc) is 2.83. The Morgan fingerprint density at radius 3 is 1.81 bits per heavy atom. The molecule has 6 unspecified atom stereocenters. The zero-order chi connectivity index (χ0) is 27.9. The van der Waals surface area contributed by atoms with Gasteiger partial charge >= 0.3 is 12.1 Å². The van der Waals surface area contributed by atoms with Crippen LogP contribution in [0.1, 0.15) is 31.9 Å². The number of carbonyl (C=O) groups is 3. The lowest BCUT2D eigenvalue weighted by Crippen LogP contribution is -2.58. The van der Waals surface area contributed by atoms with Crippen molar-refractivity contribution >= 4 is 17.5 Å². The summed E-state index contributed by atoms with van der Waals surface area (Å²) in [7, 11) is 0. The van der Waals surface area contributed by atoms with Crippen LogP contribution in [-0.2, 0) is 26.2 Å². The Balaban J connectivity index is 2.80. The van der Waals surface area contributed by atoms with Crippen LogP contribution >= 0.6 is 0 Å². The number of hydrogen-bond donors (Lipinski definition) is 7. The number of halogens is 3. The van der Waals surface area contributed by atoms with Crippen LogP contribution in [0.3, 0.4) is 0 Å². The van der Waals surface area contributed by atoms with E-state index in [0.29, 0.717) is 12.1 Å². The lowest BCUT2D eigenvalue weighted by Gasteiger charge is -2.41. The molecule has 0 radical (unpaired) electrons. The molecule has 1 aromatic carbocycles. The average molecular weight is 518 g/mol. The molecule has 0 saturated heterocycles. The molecule has 198 valence electrons. The zero-order valence-electron chi connectivity index (χ0n) is 19.2. The maximum Gasteiger partial charge on any atom is 0.416 e. The van der Waals surface area contributed by atoms with Gasteiger partial charge in [-0.15, -0.1) is 0 Å². The molecular formula is C23H25F3O10. The van der Waals surface area contributed by atoms with E-state index in [4.69, 9.17) is 5.11 Å². The van der Waals surface area contributed by atoms with Gasteiger partial charge in [0.15, 0.2) is 17.7 Å². The SMILES string of the molecule is CC1=C(C)C(=O)C(C(O)(c2cccc(C(F)(F)F)c2)C(O)C(O)C(O)C(O)C(O)C(=O)O)=C(C)C1=O. The van der Waals surface area contributed by atoms with Gasteiger partial charge in [0.05, 0.1) is 5.56 Å². The molecule has 0 heterocycles. The Labute approximate surface area is 202 Å². The van der Waals surface area contributed by atoms with Gasteiger partial charge in [-0.25, -0.2) is 4.79 Å². The van der Waals surface area contributed by atoms with Gasteiger partial charge in [0, 0.05) is 22.3 Å². The van der Waals surface area contributed by atoms with Crippen LogP contribution < -0.4 is 0 Å². The molecule has 2 rings (SSSR count). The number of alkyl halides is 3. The van der Waals surface area contributed by atoms with Crippen molar-refractivity contribution < 1.29 is 63.3 Å². The van der Waals surface area contributed by atoms with Gasteiger partial charge in [0.25, 0.3) is 0 Å². The van der Waals surface area contributed by atoms with Crippen LogP contribution in [0.5, 0.6) is 0 Å². The topological polar surface area (TPSA) is 193 Å². The van der Waals surface area contributed by atoms with Crippen molar-refractivity contribution in [3.63, 3.8) is 0 Å². The molecule has 7 N–H and O–H groups in total. The first kappa shape index (κ1) is 29.3. The minimum Gasteiger partial charge on any atom is -0.479 e. The Hall–Kier alpha value is -2.94. The monoisotopic (exact) mass is 518 g/mol. The van der Waals surface area contributed by atoms with Gasteiger partial charge in [-0.05, 0) is 38.5 Å². The van der Waals surface area contributed by atoms with E-state index in [1.54, 1.807) is 0 Å². The predicted octanol–water partition coefficient (Wildman–Crippen LogP) is -0.413. The summed E-state index contributed by atoms with van der Waals surface area (Å²) >= 11 is 0. The van der Waals surface area contributed by atoms with E-state index >= 15 is 0 Å².